The van der Waals surface area contributed by atoms with Gasteiger partial charge in [0.25, 0.3) is 0 Å². The third kappa shape index (κ3) is 2.92. The van der Waals surface area contributed by atoms with Gasteiger partial charge in [-0.05, 0) is 60.9 Å². The summed E-state index contributed by atoms with van der Waals surface area (Å²) < 4.78 is 13.0. The minimum absolute atomic E-state index is 0.144. The molecule has 1 aromatic carbocycles. The van der Waals surface area contributed by atoms with E-state index in [1.807, 2.05) is 12.1 Å². The zero-order valence-corrected chi connectivity index (χ0v) is 11.7. The molecule has 1 N–H and O–H groups in total. The summed E-state index contributed by atoms with van der Waals surface area (Å²) >= 11 is 0. The summed E-state index contributed by atoms with van der Waals surface area (Å²) in [5.41, 5.74) is 1.59. The molecule has 2 atom stereocenters. The summed E-state index contributed by atoms with van der Waals surface area (Å²) in [6.07, 6.45) is 2.25. The van der Waals surface area contributed by atoms with Crippen LogP contribution in [0.3, 0.4) is 0 Å². The van der Waals surface area contributed by atoms with E-state index in [4.69, 9.17) is 0 Å². The Morgan fingerprint density at radius 1 is 1.33 bits per heavy atom. The second-order valence-corrected chi connectivity index (χ2v) is 6.26. The predicted molar refractivity (Wildman–Crippen MR) is 74.0 cm³/mol. The number of rotatable bonds is 3. The van der Waals surface area contributed by atoms with Gasteiger partial charge in [0.05, 0.1) is 0 Å². The third-order valence-corrected chi connectivity index (χ3v) is 4.46. The maximum Gasteiger partial charge on any atom is 0.123 e. The van der Waals surface area contributed by atoms with Crippen molar-refractivity contribution in [1.29, 1.82) is 0 Å². The molecular weight excluding hydrogens is 225 g/mol. The maximum absolute atomic E-state index is 13.0. The smallest absolute Gasteiger partial charge is 0.123 e. The van der Waals surface area contributed by atoms with Crippen LogP contribution in [0.5, 0.6) is 0 Å². The van der Waals surface area contributed by atoms with Gasteiger partial charge in [0, 0.05) is 0 Å². The van der Waals surface area contributed by atoms with Gasteiger partial charge in [-0.15, -0.1) is 0 Å². The molecule has 0 spiro atoms. The van der Waals surface area contributed by atoms with Gasteiger partial charge in [-0.2, -0.15) is 0 Å². The van der Waals surface area contributed by atoms with Crippen molar-refractivity contribution in [2.75, 3.05) is 13.1 Å². The minimum atomic E-state index is -0.144. The van der Waals surface area contributed by atoms with Crippen molar-refractivity contribution in [2.24, 2.45) is 17.3 Å². The molecule has 1 saturated heterocycles. The lowest BCUT2D eigenvalue weighted by Crippen LogP contribution is -2.46. The molecule has 0 saturated carbocycles. The molecule has 0 amide bonds. The highest BCUT2D eigenvalue weighted by atomic mass is 19.1. The van der Waals surface area contributed by atoms with Crippen LogP contribution in [0, 0.1) is 23.1 Å². The van der Waals surface area contributed by atoms with Crippen molar-refractivity contribution in [3.63, 3.8) is 0 Å². The van der Waals surface area contributed by atoms with Gasteiger partial charge in [0.1, 0.15) is 5.82 Å². The molecule has 1 aliphatic rings. The zero-order chi connectivity index (χ0) is 13.2. The van der Waals surface area contributed by atoms with E-state index in [1.165, 1.54) is 12.0 Å². The molecule has 0 bridgehead atoms. The van der Waals surface area contributed by atoms with Crippen molar-refractivity contribution in [3.05, 3.63) is 35.6 Å². The summed E-state index contributed by atoms with van der Waals surface area (Å²) in [6.45, 7) is 9.21. The number of hydrogen-bond acceptors (Lipinski definition) is 1. The average molecular weight is 249 g/mol. The third-order valence-electron chi connectivity index (χ3n) is 4.46. The number of benzene rings is 1. The molecule has 1 fully saturated rings. The highest BCUT2D eigenvalue weighted by Gasteiger charge is 2.37. The van der Waals surface area contributed by atoms with Gasteiger partial charge < -0.3 is 5.32 Å². The van der Waals surface area contributed by atoms with Crippen LogP contribution in [-0.4, -0.2) is 13.1 Å². The molecule has 2 heteroatoms. The molecule has 0 radical (unpaired) electrons. The number of nitrogens with one attached hydrogen (secondary N) is 1. The van der Waals surface area contributed by atoms with Crippen LogP contribution < -0.4 is 5.32 Å². The molecule has 1 aliphatic heterocycles. The van der Waals surface area contributed by atoms with Crippen LogP contribution >= 0.6 is 0 Å². The average Bonchev–Trinajstić information content (AvgIpc) is 2.32. The summed E-state index contributed by atoms with van der Waals surface area (Å²) in [7, 11) is 0. The van der Waals surface area contributed by atoms with Crippen LogP contribution in [0.15, 0.2) is 24.3 Å². The van der Waals surface area contributed by atoms with Crippen LogP contribution in [0.25, 0.3) is 0 Å². The molecule has 1 heterocycles. The van der Waals surface area contributed by atoms with Gasteiger partial charge in [-0.3, -0.25) is 0 Å². The first-order valence-electron chi connectivity index (χ1n) is 6.96. The summed E-state index contributed by atoms with van der Waals surface area (Å²) in [5.74, 6) is 1.23. The normalized spacial score (nSPS) is 28.6. The van der Waals surface area contributed by atoms with Crippen molar-refractivity contribution < 1.29 is 4.39 Å². The van der Waals surface area contributed by atoms with Crippen LogP contribution in [0.4, 0.5) is 4.39 Å². The Kier molecular flexibility index (Phi) is 4.06. The molecule has 2 rings (SSSR count). The van der Waals surface area contributed by atoms with E-state index in [9.17, 15) is 4.39 Å². The molecule has 2 unspecified atom stereocenters. The zero-order valence-electron chi connectivity index (χ0n) is 11.7. The summed E-state index contributed by atoms with van der Waals surface area (Å²) in [6, 6.07) is 7.01. The monoisotopic (exact) mass is 249 g/mol. The first kappa shape index (κ1) is 13.5. The van der Waals surface area contributed by atoms with E-state index >= 15 is 0 Å². The van der Waals surface area contributed by atoms with Crippen molar-refractivity contribution in [1.82, 2.24) is 5.32 Å². The van der Waals surface area contributed by atoms with Gasteiger partial charge in [0.2, 0.25) is 0 Å². The van der Waals surface area contributed by atoms with Crippen molar-refractivity contribution >= 4 is 0 Å². The Hall–Kier alpha value is -0.890. The molecule has 0 aliphatic carbocycles. The van der Waals surface area contributed by atoms with E-state index in [-0.39, 0.29) is 5.82 Å². The van der Waals surface area contributed by atoms with E-state index in [0.29, 0.717) is 17.3 Å². The molecule has 100 valence electrons. The predicted octanol–water partition coefficient (Wildman–Crippen LogP) is 3.64. The van der Waals surface area contributed by atoms with Crippen LogP contribution in [-0.2, 0) is 6.42 Å². The fourth-order valence-electron chi connectivity index (χ4n) is 3.39. The second kappa shape index (κ2) is 5.40. The largest absolute Gasteiger partial charge is 0.316 e. The Morgan fingerprint density at radius 3 is 2.61 bits per heavy atom. The van der Waals surface area contributed by atoms with Crippen LogP contribution in [0.1, 0.15) is 32.8 Å². The van der Waals surface area contributed by atoms with E-state index in [1.54, 1.807) is 12.1 Å². The van der Waals surface area contributed by atoms with E-state index in [0.717, 1.165) is 19.5 Å². The lowest BCUT2D eigenvalue weighted by atomic mass is 9.65. The lowest BCUT2D eigenvalue weighted by molar-refractivity contribution is 0.0902. The van der Waals surface area contributed by atoms with E-state index in [2.05, 4.69) is 26.1 Å². The summed E-state index contributed by atoms with van der Waals surface area (Å²) in [4.78, 5) is 0. The van der Waals surface area contributed by atoms with Gasteiger partial charge in [-0.25, -0.2) is 4.39 Å². The van der Waals surface area contributed by atoms with Gasteiger partial charge in [-0.1, -0.05) is 32.9 Å². The van der Waals surface area contributed by atoms with E-state index < -0.39 is 0 Å². The Bertz CT molecular complexity index is 385. The SMILES string of the molecule is CC(C)C1CNCCC1(C)Cc1ccc(F)cc1. The number of piperidine rings is 1. The van der Waals surface area contributed by atoms with Crippen LogP contribution in [0.2, 0.25) is 0 Å². The van der Waals surface area contributed by atoms with Crippen molar-refractivity contribution in [3.8, 4) is 0 Å². The fraction of sp³-hybridized carbons (Fsp3) is 0.625. The Labute approximate surface area is 110 Å². The topological polar surface area (TPSA) is 12.0 Å². The molecule has 1 nitrogen and oxygen atoms in total. The standard InChI is InChI=1S/C16H24FN/c1-12(2)15-11-18-9-8-16(15,3)10-13-4-6-14(17)7-5-13/h4-7,12,15,18H,8-11H2,1-3H3. The molecule has 0 aromatic heterocycles. The molecule has 18 heavy (non-hydrogen) atoms. The van der Waals surface area contributed by atoms with Gasteiger partial charge >= 0.3 is 0 Å². The minimum Gasteiger partial charge on any atom is -0.316 e. The Balaban J connectivity index is 2.15. The number of hydrogen-bond donors (Lipinski definition) is 1. The first-order chi connectivity index (χ1) is 8.51. The lowest BCUT2D eigenvalue weighted by Gasteiger charge is -2.44. The quantitative estimate of drug-likeness (QED) is 0.862. The fourth-order valence-corrected chi connectivity index (χ4v) is 3.39. The first-order valence-corrected chi connectivity index (χ1v) is 6.96. The summed E-state index contributed by atoms with van der Waals surface area (Å²) in [5, 5.41) is 3.51. The van der Waals surface area contributed by atoms with Gasteiger partial charge in [0.15, 0.2) is 0 Å². The maximum atomic E-state index is 13.0. The molecular formula is C16H24FN. The highest BCUT2D eigenvalue weighted by Crippen LogP contribution is 2.40. The second-order valence-electron chi connectivity index (χ2n) is 6.26. The van der Waals surface area contributed by atoms with Crippen molar-refractivity contribution in [2.45, 2.75) is 33.6 Å². The highest BCUT2D eigenvalue weighted by molar-refractivity contribution is 5.18. The Morgan fingerprint density at radius 2 is 2.00 bits per heavy atom. The number of halogens is 1. The molecule has 1 aromatic rings.